The molecule has 3 heteroatoms. The number of halogens is 1. The Morgan fingerprint density at radius 3 is 2.55 bits per heavy atom. The molecule has 11 heavy (non-hydrogen) atoms. The van der Waals surface area contributed by atoms with Crippen molar-refractivity contribution in [1.82, 2.24) is 0 Å². The van der Waals surface area contributed by atoms with E-state index in [0.29, 0.717) is 0 Å². The Bertz CT molecular complexity index is 335. The quantitative estimate of drug-likeness (QED) is 0.704. The highest BCUT2D eigenvalue weighted by atomic mass is 79.9. The molecule has 0 aromatic carbocycles. The van der Waals surface area contributed by atoms with E-state index in [1.807, 2.05) is 0 Å². The van der Waals surface area contributed by atoms with Crippen LogP contribution in [0.4, 0.5) is 0 Å². The monoisotopic (exact) mass is 244 g/mol. The van der Waals surface area contributed by atoms with Gasteiger partial charge >= 0.3 is 0 Å². The van der Waals surface area contributed by atoms with Gasteiger partial charge in [0, 0.05) is 15.4 Å². The second kappa shape index (κ2) is 3.09. The van der Waals surface area contributed by atoms with Gasteiger partial charge in [0.05, 0.1) is 0 Å². The molecule has 0 aliphatic heterocycles. The predicted molar refractivity (Wildman–Crippen MR) is 55.3 cm³/mol. The van der Waals surface area contributed by atoms with E-state index in [1.54, 1.807) is 22.7 Å². The van der Waals surface area contributed by atoms with Gasteiger partial charge in [0.2, 0.25) is 0 Å². The molecule has 56 valence electrons. The maximum Gasteiger partial charge on any atom is 0.0361 e. The molecule has 0 N–H and O–H groups in total. The summed E-state index contributed by atoms with van der Waals surface area (Å²) in [4.78, 5) is 0. The van der Waals surface area contributed by atoms with E-state index in [0.717, 1.165) is 0 Å². The molecule has 0 nitrogen and oxygen atoms in total. The molecule has 0 radical (unpaired) electrons. The highest BCUT2D eigenvalue weighted by Crippen LogP contribution is 2.32. The fraction of sp³-hybridized carbons (Fsp3) is 0. The van der Waals surface area contributed by atoms with Gasteiger partial charge in [-0.05, 0) is 43.7 Å². The molecule has 0 atom stereocenters. The highest BCUT2D eigenvalue weighted by molar-refractivity contribution is 9.10. The molecule has 0 amide bonds. The zero-order valence-corrected chi connectivity index (χ0v) is 8.80. The molecule has 0 spiro atoms. The van der Waals surface area contributed by atoms with E-state index >= 15 is 0 Å². The van der Waals surface area contributed by atoms with Crippen LogP contribution in [-0.2, 0) is 0 Å². The minimum absolute atomic E-state index is 1.20. The second-order valence-electron chi connectivity index (χ2n) is 2.15. The minimum Gasteiger partial charge on any atom is -0.152 e. The number of hydrogen-bond donors (Lipinski definition) is 0. The molecule has 0 saturated carbocycles. The molecule has 2 aromatic rings. The van der Waals surface area contributed by atoms with E-state index < -0.39 is 0 Å². The Morgan fingerprint density at radius 2 is 2.00 bits per heavy atom. The minimum atomic E-state index is 1.20. The van der Waals surface area contributed by atoms with Gasteiger partial charge in [-0.1, -0.05) is 0 Å². The molecule has 0 unspecified atom stereocenters. The summed E-state index contributed by atoms with van der Waals surface area (Å²) in [5.74, 6) is 0. The summed E-state index contributed by atoms with van der Waals surface area (Å²) in [6.07, 6.45) is 0. The Labute approximate surface area is 81.6 Å². The van der Waals surface area contributed by atoms with Crippen molar-refractivity contribution in [2.45, 2.75) is 0 Å². The van der Waals surface area contributed by atoms with Crippen LogP contribution >= 0.6 is 38.6 Å². The van der Waals surface area contributed by atoms with Gasteiger partial charge < -0.3 is 0 Å². The lowest BCUT2D eigenvalue weighted by molar-refractivity contribution is 1.78. The van der Waals surface area contributed by atoms with Gasteiger partial charge in [-0.2, -0.15) is 22.7 Å². The maximum absolute atomic E-state index is 3.50. The molecule has 0 saturated heterocycles. The molecule has 2 rings (SSSR count). The van der Waals surface area contributed by atoms with Crippen LogP contribution in [0.25, 0.3) is 11.1 Å². The summed E-state index contributed by atoms with van der Waals surface area (Å²) >= 11 is 6.96. The van der Waals surface area contributed by atoms with E-state index in [-0.39, 0.29) is 0 Å². The largest absolute Gasteiger partial charge is 0.152 e. The summed E-state index contributed by atoms with van der Waals surface area (Å²) in [5, 5.41) is 8.52. The first-order chi connectivity index (χ1) is 5.38. The maximum atomic E-state index is 3.50. The first kappa shape index (κ1) is 7.53. The second-order valence-corrected chi connectivity index (χ2v) is 4.52. The van der Waals surface area contributed by atoms with Crippen molar-refractivity contribution in [3.63, 3.8) is 0 Å². The zero-order chi connectivity index (χ0) is 7.68. The van der Waals surface area contributed by atoms with Crippen LogP contribution in [0, 0.1) is 0 Å². The molecule has 0 bridgehead atoms. The van der Waals surface area contributed by atoms with Gasteiger partial charge in [-0.3, -0.25) is 0 Å². The van der Waals surface area contributed by atoms with Crippen LogP contribution in [0.5, 0.6) is 0 Å². The van der Waals surface area contributed by atoms with Crippen LogP contribution in [0.3, 0.4) is 0 Å². The number of thiophene rings is 2. The van der Waals surface area contributed by atoms with Crippen LogP contribution in [-0.4, -0.2) is 0 Å². The van der Waals surface area contributed by atoms with Crippen molar-refractivity contribution in [2.24, 2.45) is 0 Å². The predicted octanol–water partition coefficient (Wildman–Crippen LogP) is 4.24. The summed E-state index contributed by atoms with van der Waals surface area (Å²) in [6, 6.07) is 2.14. The number of rotatable bonds is 1. The summed E-state index contributed by atoms with van der Waals surface area (Å²) in [7, 11) is 0. The highest BCUT2D eigenvalue weighted by Gasteiger charge is 2.02. The van der Waals surface area contributed by atoms with Gasteiger partial charge in [0.1, 0.15) is 0 Å². The Hall–Kier alpha value is -0.120. The van der Waals surface area contributed by atoms with E-state index in [1.165, 1.54) is 15.6 Å². The molecule has 2 heterocycles. The lowest BCUT2D eigenvalue weighted by atomic mass is 10.2. The molecule has 2 aromatic heterocycles. The normalized spacial score (nSPS) is 10.3. The third-order valence-corrected chi connectivity index (χ3v) is 3.83. The molecule has 0 aliphatic carbocycles. The summed E-state index contributed by atoms with van der Waals surface area (Å²) < 4.78 is 1.20. The number of hydrogen-bond acceptors (Lipinski definition) is 2. The smallest absolute Gasteiger partial charge is 0.0361 e. The fourth-order valence-corrected chi connectivity index (χ4v) is 3.09. The molecular weight excluding hydrogens is 240 g/mol. The summed E-state index contributed by atoms with van der Waals surface area (Å²) in [5.41, 5.74) is 2.61. The van der Waals surface area contributed by atoms with Gasteiger partial charge in [0.15, 0.2) is 0 Å². The third-order valence-electron chi connectivity index (χ3n) is 1.45. The van der Waals surface area contributed by atoms with Crippen LogP contribution in [0.15, 0.2) is 32.1 Å². The lowest BCUT2D eigenvalue weighted by Crippen LogP contribution is -1.65. The van der Waals surface area contributed by atoms with Crippen molar-refractivity contribution in [2.75, 3.05) is 0 Å². The van der Waals surface area contributed by atoms with Crippen LogP contribution in [0.2, 0.25) is 0 Å². The average Bonchev–Trinajstić information content (AvgIpc) is 2.55. The third kappa shape index (κ3) is 1.41. The molecule has 0 fully saturated rings. The van der Waals surface area contributed by atoms with E-state index in [9.17, 15) is 0 Å². The van der Waals surface area contributed by atoms with Crippen molar-refractivity contribution in [3.8, 4) is 11.1 Å². The topological polar surface area (TPSA) is 0 Å². The van der Waals surface area contributed by atoms with Crippen molar-refractivity contribution < 1.29 is 0 Å². The first-order valence-corrected chi connectivity index (χ1v) is 5.80. The zero-order valence-electron chi connectivity index (χ0n) is 5.58. The van der Waals surface area contributed by atoms with Crippen LogP contribution < -0.4 is 0 Å². The van der Waals surface area contributed by atoms with E-state index in [4.69, 9.17) is 0 Å². The SMILES string of the molecule is Brc1cscc1-c1ccsc1. The van der Waals surface area contributed by atoms with Crippen molar-refractivity contribution in [1.29, 1.82) is 0 Å². The van der Waals surface area contributed by atoms with Crippen molar-refractivity contribution >= 4 is 38.6 Å². The van der Waals surface area contributed by atoms with Gasteiger partial charge in [0.25, 0.3) is 0 Å². The molecular formula is C8H5BrS2. The first-order valence-electron chi connectivity index (χ1n) is 3.12. The van der Waals surface area contributed by atoms with E-state index in [2.05, 4.69) is 43.5 Å². The Kier molecular flexibility index (Phi) is 2.11. The molecule has 0 aliphatic rings. The van der Waals surface area contributed by atoms with Crippen molar-refractivity contribution in [3.05, 3.63) is 32.1 Å². The average molecular weight is 245 g/mol. The lowest BCUT2D eigenvalue weighted by Gasteiger charge is -1.90. The van der Waals surface area contributed by atoms with Crippen LogP contribution in [0.1, 0.15) is 0 Å². The summed E-state index contributed by atoms with van der Waals surface area (Å²) in [6.45, 7) is 0. The Balaban J connectivity index is 2.53. The fourth-order valence-electron chi connectivity index (χ4n) is 0.905. The Morgan fingerprint density at radius 1 is 1.09 bits per heavy atom. The van der Waals surface area contributed by atoms with Gasteiger partial charge in [-0.15, -0.1) is 0 Å². The van der Waals surface area contributed by atoms with Gasteiger partial charge in [-0.25, -0.2) is 0 Å². The standard InChI is InChI=1S/C8H5BrS2/c9-8-5-11-4-7(8)6-1-2-10-3-6/h1-5H.